The molecule has 6 heteroatoms. The Morgan fingerprint density at radius 2 is 1.96 bits per heavy atom. The van der Waals surface area contributed by atoms with Gasteiger partial charge in [-0.25, -0.2) is 4.98 Å². The fraction of sp³-hybridized carbons (Fsp3) is 0.176. The van der Waals surface area contributed by atoms with Crippen molar-refractivity contribution in [3.8, 4) is 11.5 Å². The smallest absolute Gasteiger partial charge is 0.255 e. The highest BCUT2D eigenvalue weighted by Crippen LogP contribution is 2.32. The molecule has 6 nitrogen and oxygen atoms in total. The fourth-order valence-electron chi connectivity index (χ4n) is 2.52. The summed E-state index contributed by atoms with van der Waals surface area (Å²) in [6, 6.07) is 10.7. The maximum Gasteiger partial charge on any atom is 0.255 e. The average molecular weight is 309 g/mol. The summed E-state index contributed by atoms with van der Waals surface area (Å²) in [7, 11) is 0. The van der Waals surface area contributed by atoms with Gasteiger partial charge >= 0.3 is 0 Å². The number of H-pyrrole nitrogens is 1. The van der Waals surface area contributed by atoms with E-state index in [-0.39, 0.29) is 5.91 Å². The van der Waals surface area contributed by atoms with Gasteiger partial charge in [0, 0.05) is 23.7 Å². The number of amides is 1. The zero-order chi connectivity index (χ0) is 15.6. The first-order valence-electron chi connectivity index (χ1n) is 7.44. The van der Waals surface area contributed by atoms with Crippen LogP contribution >= 0.6 is 0 Å². The van der Waals surface area contributed by atoms with Crippen molar-refractivity contribution in [1.29, 1.82) is 0 Å². The van der Waals surface area contributed by atoms with E-state index in [2.05, 4.69) is 15.3 Å². The largest absolute Gasteiger partial charge is 0.490 e. The maximum atomic E-state index is 12.4. The van der Waals surface area contributed by atoms with Gasteiger partial charge in [-0.3, -0.25) is 4.79 Å². The number of aromatic nitrogens is 2. The van der Waals surface area contributed by atoms with E-state index in [0.29, 0.717) is 36.0 Å². The van der Waals surface area contributed by atoms with Crippen LogP contribution in [-0.4, -0.2) is 29.1 Å². The first-order valence-corrected chi connectivity index (χ1v) is 7.44. The molecule has 1 aliphatic heterocycles. The van der Waals surface area contributed by atoms with Crippen LogP contribution in [0.1, 0.15) is 16.8 Å². The zero-order valence-electron chi connectivity index (χ0n) is 12.3. The quantitative estimate of drug-likeness (QED) is 0.763. The number of rotatable bonds is 2. The normalized spacial score (nSPS) is 13.6. The van der Waals surface area contributed by atoms with Gasteiger partial charge in [0.1, 0.15) is 0 Å². The van der Waals surface area contributed by atoms with Gasteiger partial charge in [0.2, 0.25) is 0 Å². The second-order valence-electron chi connectivity index (χ2n) is 5.30. The molecular formula is C17H15N3O3. The van der Waals surface area contributed by atoms with E-state index in [4.69, 9.17) is 9.47 Å². The molecule has 1 aromatic heterocycles. The van der Waals surface area contributed by atoms with Crippen molar-refractivity contribution in [2.75, 3.05) is 18.5 Å². The van der Waals surface area contributed by atoms with E-state index in [1.165, 1.54) is 0 Å². The van der Waals surface area contributed by atoms with E-state index in [9.17, 15) is 4.79 Å². The standard InChI is InChI=1S/C17H15N3O3/c21-17(11-2-4-13-14(8-11)19-10-18-13)20-12-3-5-15-16(9-12)23-7-1-6-22-15/h2-5,8-10H,1,6-7H2,(H,18,19)(H,20,21). The van der Waals surface area contributed by atoms with Gasteiger partial charge in [0.15, 0.2) is 11.5 Å². The molecule has 0 unspecified atom stereocenters. The summed E-state index contributed by atoms with van der Waals surface area (Å²) < 4.78 is 11.2. The number of imidazole rings is 1. The van der Waals surface area contributed by atoms with Crippen LogP contribution in [0.3, 0.4) is 0 Å². The first-order chi connectivity index (χ1) is 11.3. The summed E-state index contributed by atoms with van der Waals surface area (Å²) >= 11 is 0. The van der Waals surface area contributed by atoms with Gasteiger partial charge in [-0.1, -0.05) is 0 Å². The second kappa shape index (κ2) is 5.64. The van der Waals surface area contributed by atoms with Crippen LogP contribution in [-0.2, 0) is 0 Å². The van der Waals surface area contributed by atoms with Crippen LogP contribution in [0.5, 0.6) is 11.5 Å². The molecule has 0 fully saturated rings. The van der Waals surface area contributed by atoms with Crippen molar-refractivity contribution in [3.05, 3.63) is 48.3 Å². The molecule has 2 heterocycles. The molecule has 0 saturated heterocycles. The number of nitrogens with one attached hydrogen (secondary N) is 2. The molecule has 0 atom stereocenters. The van der Waals surface area contributed by atoms with E-state index < -0.39 is 0 Å². The second-order valence-corrected chi connectivity index (χ2v) is 5.30. The number of hydrogen-bond donors (Lipinski definition) is 2. The van der Waals surface area contributed by atoms with Crippen molar-refractivity contribution in [3.63, 3.8) is 0 Å². The summed E-state index contributed by atoms with van der Waals surface area (Å²) in [5.41, 5.74) is 2.89. The van der Waals surface area contributed by atoms with E-state index >= 15 is 0 Å². The Balaban J connectivity index is 1.57. The Bertz CT molecular complexity index is 872. The molecule has 23 heavy (non-hydrogen) atoms. The number of aromatic amines is 1. The molecule has 3 aromatic rings. The molecule has 0 bridgehead atoms. The number of anilines is 1. The lowest BCUT2D eigenvalue weighted by Gasteiger charge is -2.10. The minimum atomic E-state index is -0.184. The molecular weight excluding hydrogens is 294 g/mol. The van der Waals surface area contributed by atoms with Crippen LogP contribution in [0.25, 0.3) is 11.0 Å². The summed E-state index contributed by atoms with van der Waals surface area (Å²) in [6.45, 7) is 1.25. The lowest BCUT2D eigenvalue weighted by Crippen LogP contribution is -2.11. The molecule has 116 valence electrons. The minimum Gasteiger partial charge on any atom is -0.490 e. The van der Waals surface area contributed by atoms with E-state index in [0.717, 1.165) is 17.5 Å². The van der Waals surface area contributed by atoms with Crippen LogP contribution in [0.2, 0.25) is 0 Å². The number of carbonyl (C=O) groups is 1. The summed E-state index contributed by atoms with van der Waals surface area (Å²) in [5, 5.41) is 2.88. The number of nitrogens with zero attached hydrogens (tertiary/aromatic N) is 1. The molecule has 1 amide bonds. The third-order valence-electron chi connectivity index (χ3n) is 3.69. The molecule has 1 aliphatic rings. The SMILES string of the molecule is O=C(Nc1ccc2c(c1)OCCCO2)c1ccc2nc[nH]c2c1. The zero-order valence-corrected chi connectivity index (χ0v) is 12.3. The predicted octanol–water partition coefficient (Wildman–Crippen LogP) is 2.98. The van der Waals surface area contributed by atoms with Crippen molar-refractivity contribution >= 4 is 22.6 Å². The van der Waals surface area contributed by atoms with Gasteiger partial charge in [0.25, 0.3) is 5.91 Å². The summed E-state index contributed by atoms with van der Waals surface area (Å²) in [4.78, 5) is 19.5. The first kappa shape index (κ1) is 13.6. The molecule has 2 aromatic carbocycles. The van der Waals surface area contributed by atoms with Gasteiger partial charge in [-0.2, -0.15) is 0 Å². The molecule has 0 radical (unpaired) electrons. The lowest BCUT2D eigenvalue weighted by molar-refractivity contribution is 0.102. The number of fused-ring (bicyclic) bond motifs is 2. The van der Waals surface area contributed by atoms with Gasteiger partial charge < -0.3 is 19.8 Å². The fourth-order valence-corrected chi connectivity index (χ4v) is 2.52. The Morgan fingerprint density at radius 3 is 2.87 bits per heavy atom. The number of benzene rings is 2. The summed E-state index contributed by atoms with van der Waals surface area (Å²) in [6.07, 6.45) is 2.46. The Hall–Kier alpha value is -3.02. The predicted molar refractivity (Wildman–Crippen MR) is 86.1 cm³/mol. The van der Waals surface area contributed by atoms with Crippen LogP contribution < -0.4 is 14.8 Å². The highest BCUT2D eigenvalue weighted by molar-refractivity contribution is 6.06. The molecule has 4 rings (SSSR count). The molecule has 0 aliphatic carbocycles. The summed E-state index contributed by atoms with van der Waals surface area (Å²) in [5.74, 6) is 1.18. The van der Waals surface area contributed by atoms with Crippen LogP contribution in [0, 0.1) is 0 Å². The highest BCUT2D eigenvalue weighted by Gasteiger charge is 2.13. The third kappa shape index (κ3) is 2.70. The number of ether oxygens (including phenoxy) is 2. The number of carbonyl (C=O) groups excluding carboxylic acids is 1. The average Bonchev–Trinajstić information content (AvgIpc) is 2.91. The lowest BCUT2D eigenvalue weighted by atomic mass is 10.2. The van der Waals surface area contributed by atoms with Crippen molar-refractivity contribution in [2.45, 2.75) is 6.42 Å². The van der Waals surface area contributed by atoms with E-state index in [1.807, 2.05) is 12.1 Å². The van der Waals surface area contributed by atoms with Gasteiger partial charge in [-0.15, -0.1) is 0 Å². The number of hydrogen-bond acceptors (Lipinski definition) is 4. The van der Waals surface area contributed by atoms with Crippen molar-refractivity contribution < 1.29 is 14.3 Å². The highest BCUT2D eigenvalue weighted by atomic mass is 16.5. The third-order valence-corrected chi connectivity index (χ3v) is 3.69. The van der Waals surface area contributed by atoms with Crippen molar-refractivity contribution in [2.24, 2.45) is 0 Å². The molecule has 2 N–H and O–H groups in total. The monoisotopic (exact) mass is 309 g/mol. The topological polar surface area (TPSA) is 76.2 Å². The molecule has 0 spiro atoms. The van der Waals surface area contributed by atoms with E-state index in [1.54, 1.807) is 30.6 Å². The van der Waals surface area contributed by atoms with Gasteiger partial charge in [-0.05, 0) is 30.3 Å². The van der Waals surface area contributed by atoms with Gasteiger partial charge in [0.05, 0.1) is 30.6 Å². The van der Waals surface area contributed by atoms with Crippen molar-refractivity contribution in [1.82, 2.24) is 9.97 Å². The minimum absolute atomic E-state index is 0.184. The maximum absolute atomic E-state index is 12.4. The molecule has 0 saturated carbocycles. The Labute approximate surface area is 132 Å². The van der Waals surface area contributed by atoms with Crippen LogP contribution in [0.4, 0.5) is 5.69 Å². The Morgan fingerprint density at radius 1 is 1.09 bits per heavy atom. The Kier molecular flexibility index (Phi) is 3.34. The van der Waals surface area contributed by atoms with Crippen LogP contribution in [0.15, 0.2) is 42.7 Å².